The van der Waals surface area contributed by atoms with Gasteiger partial charge in [0.1, 0.15) is 0 Å². The summed E-state index contributed by atoms with van der Waals surface area (Å²) in [5.74, 6) is 1.89. The Bertz CT molecular complexity index is 88.9. The van der Waals surface area contributed by atoms with Gasteiger partial charge in [-0.05, 0) is 24.2 Å². The van der Waals surface area contributed by atoms with E-state index in [9.17, 15) is 0 Å². The summed E-state index contributed by atoms with van der Waals surface area (Å²) in [6.45, 7) is 9.19. The largest absolute Gasteiger partial charge is 0.396 e. The highest BCUT2D eigenvalue weighted by Gasteiger charge is 2.15. The Morgan fingerprint density at radius 2 is 1.73 bits per heavy atom. The Balaban J connectivity index is 3.74. The van der Waals surface area contributed by atoms with Crippen molar-refractivity contribution in [2.45, 2.75) is 40.5 Å². The van der Waals surface area contributed by atoms with E-state index in [4.69, 9.17) is 5.11 Å². The maximum atomic E-state index is 9.08. The van der Waals surface area contributed by atoms with Crippen LogP contribution in [0.4, 0.5) is 0 Å². The van der Waals surface area contributed by atoms with E-state index in [1.54, 1.807) is 0 Å². The maximum absolute atomic E-state index is 9.08. The van der Waals surface area contributed by atoms with Gasteiger partial charge in [0, 0.05) is 6.61 Å². The van der Waals surface area contributed by atoms with Crippen LogP contribution in [0.5, 0.6) is 0 Å². The first-order valence-electron chi connectivity index (χ1n) is 4.72. The summed E-state index contributed by atoms with van der Waals surface area (Å²) in [4.78, 5) is 0. The van der Waals surface area contributed by atoms with Crippen molar-refractivity contribution < 1.29 is 5.11 Å². The van der Waals surface area contributed by atoms with Crippen molar-refractivity contribution >= 4 is 0 Å². The smallest absolute Gasteiger partial charge is 0.0461 e. The van der Waals surface area contributed by atoms with Crippen LogP contribution in [0, 0.1) is 17.8 Å². The molecule has 2 unspecified atom stereocenters. The molecule has 0 amide bonds. The summed E-state index contributed by atoms with van der Waals surface area (Å²) in [5, 5.41) is 9.08. The number of aliphatic hydroxyl groups is 1. The molecule has 1 heteroatoms. The zero-order chi connectivity index (χ0) is 8.85. The van der Waals surface area contributed by atoms with E-state index < -0.39 is 0 Å². The monoisotopic (exact) mass is 158 g/mol. The lowest BCUT2D eigenvalue weighted by Gasteiger charge is -2.22. The fourth-order valence-electron chi connectivity index (χ4n) is 1.43. The summed E-state index contributed by atoms with van der Waals surface area (Å²) in [7, 11) is 0. The molecule has 0 aromatic carbocycles. The number of hydrogen-bond acceptors (Lipinski definition) is 1. The Morgan fingerprint density at radius 3 is 2.00 bits per heavy atom. The normalized spacial score (nSPS) is 16.9. The third kappa shape index (κ3) is 4.41. The van der Waals surface area contributed by atoms with E-state index in [0.29, 0.717) is 24.4 Å². The molecular formula is C10H22O. The molecule has 0 saturated carbocycles. The molecule has 1 N–H and O–H groups in total. The molecule has 0 saturated heterocycles. The summed E-state index contributed by atoms with van der Waals surface area (Å²) in [6.07, 6.45) is 2.34. The zero-order valence-electron chi connectivity index (χ0n) is 8.30. The number of hydrogen-bond donors (Lipinski definition) is 1. The Kier molecular flexibility index (Phi) is 5.57. The first-order valence-corrected chi connectivity index (χ1v) is 4.72. The van der Waals surface area contributed by atoms with Crippen LogP contribution in [-0.4, -0.2) is 11.7 Å². The van der Waals surface area contributed by atoms with Crippen LogP contribution >= 0.6 is 0 Å². The minimum Gasteiger partial charge on any atom is -0.396 e. The molecule has 0 radical (unpaired) electrons. The van der Waals surface area contributed by atoms with E-state index >= 15 is 0 Å². The Labute approximate surface area is 70.8 Å². The molecule has 0 spiro atoms. The van der Waals surface area contributed by atoms with E-state index in [-0.39, 0.29) is 0 Å². The van der Waals surface area contributed by atoms with Gasteiger partial charge in [-0.1, -0.05) is 34.1 Å². The summed E-state index contributed by atoms with van der Waals surface area (Å²) in [6, 6.07) is 0. The summed E-state index contributed by atoms with van der Waals surface area (Å²) in [5.41, 5.74) is 0. The zero-order valence-corrected chi connectivity index (χ0v) is 8.30. The number of rotatable bonds is 5. The first-order chi connectivity index (χ1) is 5.11. The van der Waals surface area contributed by atoms with Crippen LogP contribution in [0.3, 0.4) is 0 Å². The third-order valence-electron chi connectivity index (χ3n) is 2.46. The lowest BCUT2D eigenvalue weighted by atomic mass is 9.86. The SMILES string of the molecule is CCC(C)C(CO)CC(C)C. The van der Waals surface area contributed by atoms with Crippen LogP contribution in [0.1, 0.15) is 40.5 Å². The molecule has 0 heterocycles. The Morgan fingerprint density at radius 1 is 1.18 bits per heavy atom. The maximum Gasteiger partial charge on any atom is 0.0461 e. The predicted molar refractivity (Wildman–Crippen MR) is 49.5 cm³/mol. The van der Waals surface area contributed by atoms with Crippen LogP contribution in [0.15, 0.2) is 0 Å². The molecule has 11 heavy (non-hydrogen) atoms. The first kappa shape index (κ1) is 11.0. The van der Waals surface area contributed by atoms with Crippen LogP contribution in [0.2, 0.25) is 0 Å². The molecule has 0 aliphatic heterocycles. The second kappa shape index (κ2) is 5.59. The highest BCUT2D eigenvalue weighted by atomic mass is 16.3. The van der Waals surface area contributed by atoms with Gasteiger partial charge in [0.15, 0.2) is 0 Å². The second-order valence-corrected chi connectivity index (χ2v) is 3.96. The highest BCUT2D eigenvalue weighted by Crippen LogP contribution is 2.21. The van der Waals surface area contributed by atoms with Crippen LogP contribution in [0.25, 0.3) is 0 Å². The lowest BCUT2D eigenvalue weighted by molar-refractivity contribution is 0.158. The quantitative estimate of drug-likeness (QED) is 0.652. The van der Waals surface area contributed by atoms with Gasteiger partial charge in [-0.15, -0.1) is 0 Å². The summed E-state index contributed by atoms with van der Waals surface area (Å²) >= 11 is 0. The molecule has 1 nitrogen and oxygen atoms in total. The molecule has 68 valence electrons. The van der Waals surface area contributed by atoms with Gasteiger partial charge in [0.05, 0.1) is 0 Å². The van der Waals surface area contributed by atoms with Crippen molar-refractivity contribution in [1.29, 1.82) is 0 Å². The van der Waals surface area contributed by atoms with Crippen molar-refractivity contribution in [3.63, 3.8) is 0 Å². The molecule has 0 bridgehead atoms. The van der Waals surface area contributed by atoms with Crippen molar-refractivity contribution in [3.05, 3.63) is 0 Å². The average molecular weight is 158 g/mol. The third-order valence-corrected chi connectivity index (χ3v) is 2.46. The fraction of sp³-hybridized carbons (Fsp3) is 1.00. The molecule has 0 aromatic heterocycles. The molecular weight excluding hydrogens is 136 g/mol. The molecule has 0 aliphatic rings. The van der Waals surface area contributed by atoms with Crippen molar-refractivity contribution in [1.82, 2.24) is 0 Å². The Hall–Kier alpha value is -0.0400. The van der Waals surface area contributed by atoms with Crippen molar-refractivity contribution in [2.75, 3.05) is 6.61 Å². The molecule has 0 aliphatic carbocycles. The van der Waals surface area contributed by atoms with Crippen molar-refractivity contribution in [3.8, 4) is 0 Å². The molecule has 0 rings (SSSR count). The topological polar surface area (TPSA) is 20.2 Å². The van der Waals surface area contributed by atoms with E-state index in [1.807, 2.05) is 0 Å². The molecule has 0 fully saturated rings. The van der Waals surface area contributed by atoms with Gasteiger partial charge in [-0.2, -0.15) is 0 Å². The van der Waals surface area contributed by atoms with Gasteiger partial charge in [0.2, 0.25) is 0 Å². The van der Waals surface area contributed by atoms with Crippen LogP contribution < -0.4 is 0 Å². The number of aliphatic hydroxyl groups excluding tert-OH is 1. The standard InChI is InChI=1S/C10H22O/c1-5-9(4)10(7-11)6-8(2)3/h8-11H,5-7H2,1-4H3. The second-order valence-electron chi connectivity index (χ2n) is 3.96. The van der Waals surface area contributed by atoms with Gasteiger partial charge in [-0.25, -0.2) is 0 Å². The van der Waals surface area contributed by atoms with Gasteiger partial charge in [-0.3, -0.25) is 0 Å². The lowest BCUT2D eigenvalue weighted by Crippen LogP contribution is -2.17. The van der Waals surface area contributed by atoms with E-state index in [0.717, 1.165) is 6.42 Å². The van der Waals surface area contributed by atoms with Gasteiger partial charge in [0.25, 0.3) is 0 Å². The van der Waals surface area contributed by atoms with Crippen molar-refractivity contribution in [2.24, 2.45) is 17.8 Å². The fourth-order valence-corrected chi connectivity index (χ4v) is 1.43. The minimum absolute atomic E-state index is 0.354. The molecule has 0 aromatic rings. The predicted octanol–water partition coefficient (Wildman–Crippen LogP) is 2.69. The molecule has 2 atom stereocenters. The van der Waals surface area contributed by atoms with Gasteiger partial charge < -0.3 is 5.11 Å². The summed E-state index contributed by atoms with van der Waals surface area (Å²) < 4.78 is 0. The highest BCUT2D eigenvalue weighted by molar-refractivity contribution is 4.65. The van der Waals surface area contributed by atoms with E-state index in [2.05, 4.69) is 27.7 Å². The van der Waals surface area contributed by atoms with E-state index in [1.165, 1.54) is 6.42 Å². The van der Waals surface area contributed by atoms with Crippen LogP contribution in [-0.2, 0) is 0 Å². The minimum atomic E-state index is 0.354. The van der Waals surface area contributed by atoms with Gasteiger partial charge >= 0.3 is 0 Å². The average Bonchev–Trinajstić information content (AvgIpc) is 1.98.